The Morgan fingerprint density at radius 3 is 2.80 bits per heavy atom. The molecule has 1 fully saturated rings. The molecule has 1 amide bonds. The van der Waals surface area contributed by atoms with Gasteiger partial charge in [-0.25, -0.2) is 0 Å². The van der Waals surface area contributed by atoms with Crippen molar-refractivity contribution in [2.45, 2.75) is 32.4 Å². The fourth-order valence-electron chi connectivity index (χ4n) is 3.72. The second-order valence-electron chi connectivity index (χ2n) is 7.73. The maximum absolute atomic E-state index is 13.0. The summed E-state index contributed by atoms with van der Waals surface area (Å²) < 4.78 is 11.4. The van der Waals surface area contributed by atoms with Crippen molar-refractivity contribution < 1.29 is 14.3 Å². The summed E-state index contributed by atoms with van der Waals surface area (Å²) in [7, 11) is 0. The number of aryl methyl sites for hydroxylation is 1. The molecular formula is C24H26N2O4. The zero-order valence-electron chi connectivity index (χ0n) is 17.1. The number of ether oxygens (including phenoxy) is 2. The molecule has 1 saturated heterocycles. The highest BCUT2D eigenvalue weighted by atomic mass is 16.5. The van der Waals surface area contributed by atoms with Crippen molar-refractivity contribution >= 4 is 16.8 Å². The molecule has 3 aromatic rings. The number of aromatic amines is 1. The molecule has 0 radical (unpaired) electrons. The molecule has 156 valence electrons. The highest BCUT2D eigenvalue weighted by Gasteiger charge is 2.24. The number of carbonyl (C=O) groups excluding carboxylic acids is 1. The normalized spacial score (nSPS) is 16.0. The number of carbonyl (C=O) groups is 1. The van der Waals surface area contributed by atoms with Gasteiger partial charge < -0.3 is 19.4 Å². The van der Waals surface area contributed by atoms with Crippen LogP contribution in [0.1, 0.15) is 24.0 Å². The SMILES string of the molecule is Cc1ccc2cc(CN(C[C@@H]3CCCO3)C(=O)COc3ccccc3)c(=O)[nH]c2c1. The van der Waals surface area contributed by atoms with Gasteiger partial charge in [0, 0.05) is 24.2 Å². The second kappa shape index (κ2) is 9.13. The molecule has 0 bridgehead atoms. The van der Waals surface area contributed by atoms with E-state index in [2.05, 4.69) is 4.98 Å². The zero-order valence-corrected chi connectivity index (χ0v) is 17.1. The smallest absolute Gasteiger partial charge is 0.260 e. The standard InChI is InChI=1S/C24H26N2O4/c1-17-9-10-18-13-19(24(28)25-22(18)12-17)14-26(15-21-8-5-11-29-21)23(27)16-30-20-6-3-2-4-7-20/h2-4,6-7,9-10,12-13,21H,5,8,11,14-16H2,1H3,(H,25,28)/t21-/m0/s1. The molecule has 0 spiro atoms. The van der Waals surface area contributed by atoms with E-state index in [9.17, 15) is 9.59 Å². The first-order valence-electron chi connectivity index (χ1n) is 10.3. The lowest BCUT2D eigenvalue weighted by molar-refractivity contribution is -0.135. The summed E-state index contributed by atoms with van der Waals surface area (Å²) in [5.41, 5.74) is 2.26. The Balaban J connectivity index is 1.53. The van der Waals surface area contributed by atoms with Crippen molar-refractivity contribution in [2.24, 2.45) is 0 Å². The maximum atomic E-state index is 13.0. The van der Waals surface area contributed by atoms with Gasteiger partial charge in [-0.3, -0.25) is 9.59 Å². The van der Waals surface area contributed by atoms with E-state index in [0.29, 0.717) is 24.5 Å². The molecule has 6 heteroatoms. The van der Waals surface area contributed by atoms with E-state index in [1.54, 1.807) is 4.90 Å². The molecule has 1 aliphatic rings. The summed E-state index contributed by atoms with van der Waals surface area (Å²) >= 11 is 0. The number of hydrogen-bond acceptors (Lipinski definition) is 4. The molecule has 1 atom stereocenters. The Bertz CT molecular complexity index is 1070. The van der Waals surface area contributed by atoms with Gasteiger partial charge in [-0.1, -0.05) is 30.3 Å². The van der Waals surface area contributed by atoms with E-state index < -0.39 is 0 Å². The van der Waals surface area contributed by atoms with Crippen LogP contribution >= 0.6 is 0 Å². The van der Waals surface area contributed by atoms with Gasteiger partial charge in [0.05, 0.1) is 12.6 Å². The van der Waals surface area contributed by atoms with Crippen LogP contribution < -0.4 is 10.3 Å². The third-order valence-corrected chi connectivity index (χ3v) is 5.35. The Kier molecular flexibility index (Phi) is 6.14. The Morgan fingerprint density at radius 1 is 1.20 bits per heavy atom. The minimum Gasteiger partial charge on any atom is -0.484 e. The molecule has 30 heavy (non-hydrogen) atoms. The van der Waals surface area contributed by atoms with Gasteiger partial charge in [-0.05, 0) is 55.0 Å². The average Bonchev–Trinajstić information content (AvgIpc) is 3.26. The van der Waals surface area contributed by atoms with Crippen LogP contribution in [0.25, 0.3) is 10.9 Å². The molecule has 2 heterocycles. The van der Waals surface area contributed by atoms with Gasteiger partial charge in [0.1, 0.15) is 5.75 Å². The van der Waals surface area contributed by atoms with Crippen LogP contribution in [-0.4, -0.2) is 41.7 Å². The molecule has 1 N–H and O–H groups in total. The first kappa shape index (κ1) is 20.2. The number of amides is 1. The molecular weight excluding hydrogens is 380 g/mol. The predicted molar refractivity (Wildman–Crippen MR) is 116 cm³/mol. The number of para-hydroxylation sites is 1. The van der Waals surface area contributed by atoms with Crippen LogP contribution in [0.5, 0.6) is 5.75 Å². The van der Waals surface area contributed by atoms with Crippen LogP contribution in [0, 0.1) is 6.92 Å². The molecule has 0 unspecified atom stereocenters. The van der Waals surface area contributed by atoms with Gasteiger partial charge in [0.2, 0.25) is 0 Å². The molecule has 6 nitrogen and oxygen atoms in total. The summed E-state index contributed by atoms with van der Waals surface area (Å²) in [6.45, 7) is 3.28. The van der Waals surface area contributed by atoms with Crippen LogP contribution in [0.15, 0.2) is 59.4 Å². The van der Waals surface area contributed by atoms with Crippen LogP contribution in [0.3, 0.4) is 0 Å². The number of fused-ring (bicyclic) bond motifs is 1. The molecule has 1 aromatic heterocycles. The number of hydrogen-bond donors (Lipinski definition) is 1. The molecule has 4 rings (SSSR count). The number of rotatable bonds is 7. The zero-order chi connectivity index (χ0) is 20.9. The summed E-state index contributed by atoms with van der Waals surface area (Å²) in [6, 6.07) is 17.0. The van der Waals surface area contributed by atoms with Gasteiger partial charge in [0.15, 0.2) is 6.61 Å². The highest BCUT2D eigenvalue weighted by molar-refractivity contribution is 5.80. The first-order chi connectivity index (χ1) is 14.6. The fourth-order valence-corrected chi connectivity index (χ4v) is 3.72. The van der Waals surface area contributed by atoms with Crippen molar-refractivity contribution in [3.05, 3.63) is 76.1 Å². The Labute approximate surface area is 175 Å². The molecule has 0 aliphatic carbocycles. The lowest BCUT2D eigenvalue weighted by Gasteiger charge is -2.25. The molecule has 0 saturated carbocycles. The average molecular weight is 406 g/mol. The first-order valence-corrected chi connectivity index (χ1v) is 10.3. The summed E-state index contributed by atoms with van der Waals surface area (Å²) in [4.78, 5) is 30.2. The lowest BCUT2D eigenvalue weighted by Crippen LogP contribution is -2.40. The Hall–Kier alpha value is -3.12. The minimum absolute atomic E-state index is 0.00661. The molecule has 2 aromatic carbocycles. The van der Waals surface area contributed by atoms with Crippen LogP contribution in [0.2, 0.25) is 0 Å². The van der Waals surface area contributed by atoms with E-state index in [1.807, 2.05) is 61.5 Å². The van der Waals surface area contributed by atoms with Gasteiger partial charge >= 0.3 is 0 Å². The number of nitrogens with one attached hydrogen (secondary N) is 1. The maximum Gasteiger partial charge on any atom is 0.260 e. The summed E-state index contributed by atoms with van der Waals surface area (Å²) in [6.07, 6.45) is 1.90. The molecule has 1 aliphatic heterocycles. The quantitative estimate of drug-likeness (QED) is 0.653. The lowest BCUT2D eigenvalue weighted by atomic mass is 10.1. The summed E-state index contributed by atoms with van der Waals surface area (Å²) in [5.74, 6) is 0.472. The number of H-pyrrole nitrogens is 1. The van der Waals surface area contributed by atoms with Gasteiger partial charge in [0.25, 0.3) is 11.5 Å². The van der Waals surface area contributed by atoms with Crippen molar-refractivity contribution in [3.63, 3.8) is 0 Å². The number of benzene rings is 2. The van der Waals surface area contributed by atoms with Crippen LogP contribution in [0.4, 0.5) is 0 Å². The second-order valence-corrected chi connectivity index (χ2v) is 7.73. The van der Waals surface area contributed by atoms with Crippen molar-refractivity contribution in [3.8, 4) is 5.75 Å². The number of nitrogens with zero attached hydrogens (tertiary/aromatic N) is 1. The van der Waals surface area contributed by atoms with E-state index in [4.69, 9.17) is 9.47 Å². The predicted octanol–water partition coefficient (Wildman–Crippen LogP) is 3.42. The van der Waals surface area contributed by atoms with Crippen molar-refractivity contribution in [1.29, 1.82) is 0 Å². The van der Waals surface area contributed by atoms with Gasteiger partial charge in [-0.15, -0.1) is 0 Å². The number of pyridine rings is 1. The largest absolute Gasteiger partial charge is 0.484 e. The third kappa shape index (κ3) is 4.89. The topological polar surface area (TPSA) is 71.6 Å². The highest BCUT2D eigenvalue weighted by Crippen LogP contribution is 2.17. The van der Waals surface area contributed by atoms with Crippen molar-refractivity contribution in [2.75, 3.05) is 19.8 Å². The van der Waals surface area contributed by atoms with Crippen molar-refractivity contribution in [1.82, 2.24) is 9.88 Å². The van der Waals surface area contributed by atoms with E-state index in [0.717, 1.165) is 29.3 Å². The number of aromatic nitrogens is 1. The summed E-state index contributed by atoms with van der Waals surface area (Å²) in [5, 5.41) is 0.945. The monoisotopic (exact) mass is 406 g/mol. The van der Waals surface area contributed by atoms with Crippen LogP contribution in [-0.2, 0) is 16.1 Å². The van der Waals surface area contributed by atoms with E-state index in [-0.39, 0.29) is 30.7 Å². The third-order valence-electron chi connectivity index (χ3n) is 5.35. The fraction of sp³-hybridized carbons (Fsp3) is 0.333. The van der Waals surface area contributed by atoms with E-state index >= 15 is 0 Å². The van der Waals surface area contributed by atoms with Gasteiger partial charge in [-0.2, -0.15) is 0 Å². The minimum atomic E-state index is -0.179. The van der Waals surface area contributed by atoms with E-state index in [1.165, 1.54) is 0 Å². The Morgan fingerprint density at radius 2 is 2.03 bits per heavy atom.